The number of benzene rings is 2. The third-order valence-corrected chi connectivity index (χ3v) is 4.08. The number of anilines is 1. The maximum Gasteiger partial charge on any atom is 0.224 e. The van der Waals surface area contributed by atoms with Crippen LogP contribution in [0.2, 0.25) is 0 Å². The Labute approximate surface area is 130 Å². The van der Waals surface area contributed by atoms with E-state index >= 15 is 0 Å². The Morgan fingerprint density at radius 3 is 2.95 bits per heavy atom. The summed E-state index contributed by atoms with van der Waals surface area (Å²) in [5, 5.41) is 10.8. The maximum atomic E-state index is 12.0. The van der Waals surface area contributed by atoms with Gasteiger partial charge in [0, 0.05) is 22.0 Å². The van der Waals surface area contributed by atoms with E-state index in [1.807, 2.05) is 42.5 Å². The molecule has 3 aromatic rings. The van der Waals surface area contributed by atoms with Crippen molar-refractivity contribution in [1.82, 2.24) is 10.2 Å². The van der Waals surface area contributed by atoms with Gasteiger partial charge in [-0.3, -0.25) is 9.89 Å². The summed E-state index contributed by atoms with van der Waals surface area (Å²) in [6.07, 6.45) is 2.90. The molecule has 5 heteroatoms. The first-order chi connectivity index (χ1) is 10.2. The molecule has 1 aromatic heterocycles. The molecular formula is C16H14BrN3O. The third-order valence-electron chi connectivity index (χ3n) is 3.30. The van der Waals surface area contributed by atoms with Crippen molar-refractivity contribution >= 4 is 38.4 Å². The van der Waals surface area contributed by atoms with Crippen LogP contribution in [0, 0.1) is 0 Å². The Bertz CT molecular complexity index is 782. The fourth-order valence-corrected chi connectivity index (χ4v) is 2.68. The molecule has 0 fully saturated rings. The van der Waals surface area contributed by atoms with Crippen LogP contribution in [0.15, 0.2) is 53.1 Å². The SMILES string of the molecule is O=C(CCc1ccccc1Br)Nc1ccc2[nH]ncc2c1. The van der Waals surface area contributed by atoms with Gasteiger partial charge in [-0.2, -0.15) is 5.10 Å². The van der Waals surface area contributed by atoms with Gasteiger partial charge in [0.2, 0.25) is 5.91 Å². The highest BCUT2D eigenvalue weighted by molar-refractivity contribution is 9.10. The highest BCUT2D eigenvalue weighted by Gasteiger charge is 2.06. The number of carbonyl (C=O) groups is 1. The summed E-state index contributed by atoms with van der Waals surface area (Å²) in [6.45, 7) is 0. The van der Waals surface area contributed by atoms with Gasteiger partial charge < -0.3 is 5.32 Å². The minimum Gasteiger partial charge on any atom is -0.326 e. The van der Waals surface area contributed by atoms with Gasteiger partial charge in [0.15, 0.2) is 0 Å². The second-order valence-corrected chi connectivity index (χ2v) is 5.67. The number of hydrogen-bond donors (Lipinski definition) is 2. The average Bonchev–Trinajstić information content (AvgIpc) is 2.94. The molecule has 106 valence electrons. The Balaban J connectivity index is 1.62. The molecular weight excluding hydrogens is 330 g/mol. The molecule has 0 spiro atoms. The lowest BCUT2D eigenvalue weighted by Gasteiger charge is -2.06. The molecule has 21 heavy (non-hydrogen) atoms. The molecule has 0 saturated carbocycles. The highest BCUT2D eigenvalue weighted by atomic mass is 79.9. The predicted molar refractivity (Wildman–Crippen MR) is 87.2 cm³/mol. The summed E-state index contributed by atoms with van der Waals surface area (Å²) in [5.74, 6) is 0.00796. The molecule has 2 aromatic carbocycles. The number of rotatable bonds is 4. The number of hydrogen-bond acceptors (Lipinski definition) is 2. The molecule has 0 bridgehead atoms. The van der Waals surface area contributed by atoms with E-state index < -0.39 is 0 Å². The summed E-state index contributed by atoms with van der Waals surface area (Å²) >= 11 is 3.49. The molecule has 0 atom stereocenters. The normalized spacial score (nSPS) is 10.7. The van der Waals surface area contributed by atoms with Gasteiger partial charge in [0.1, 0.15) is 0 Å². The Hall–Kier alpha value is -2.14. The van der Waals surface area contributed by atoms with Crippen LogP contribution in [0.5, 0.6) is 0 Å². The van der Waals surface area contributed by atoms with Crippen LogP contribution in [-0.4, -0.2) is 16.1 Å². The molecule has 3 rings (SSSR count). The third kappa shape index (κ3) is 3.31. The largest absolute Gasteiger partial charge is 0.326 e. The topological polar surface area (TPSA) is 57.8 Å². The molecule has 1 amide bonds. The molecule has 2 N–H and O–H groups in total. The number of amides is 1. The molecule has 0 saturated heterocycles. The van der Waals surface area contributed by atoms with E-state index in [0.717, 1.165) is 26.6 Å². The quantitative estimate of drug-likeness (QED) is 0.754. The second kappa shape index (κ2) is 6.10. The van der Waals surface area contributed by atoms with E-state index in [4.69, 9.17) is 0 Å². The Morgan fingerprint density at radius 1 is 1.24 bits per heavy atom. The standard InChI is InChI=1S/C16H14BrN3O/c17-14-4-2-1-3-11(14)5-8-16(21)19-13-6-7-15-12(9-13)10-18-20-15/h1-4,6-7,9-10H,5,8H2,(H,18,20)(H,19,21). The zero-order valence-electron chi connectivity index (χ0n) is 11.3. The molecule has 1 heterocycles. The second-order valence-electron chi connectivity index (χ2n) is 4.81. The monoisotopic (exact) mass is 343 g/mol. The van der Waals surface area contributed by atoms with E-state index in [9.17, 15) is 4.79 Å². The lowest BCUT2D eigenvalue weighted by Crippen LogP contribution is -2.12. The smallest absolute Gasteiger partial charge is 0.224 e. The van der Waals surface area contributed by atoms with E-state index in [0.29, 0.717) is 12.8 Å². The van der Waals surface area contributed by atoms with Crippen LogP contribution < -0.4 is 5.32 Å². The molecule has 4 nitrogen and oxygen atoms in total. The molecule has 0 aliphatic rings. The van der Waals surface area contributed by atoms with Crippen molar-refractivity contribution in [2.45, 2.75) is 12.8 Å². The first-order valence-corrected chi connectivity index (χ1v) is 7.48. The number of aromatic nitrogens is 2. The number of halogens is 1. The lowest BCUT2D eigenvalue weighted by atomic mass is 10.1. The number of aromatic amines is 1. The zero-order valence-corrected chi connectivity index (χ0v) is 12.9. The summed E-state index contributed by atoms with van der Waals surface area (Å²) < 4.78 is 1.04. The van der Waals surface area contributed by atoms with Crippen molar-refractivity contribution in [3.05, 3.63) is 58.7 Å². The maximum absolute atomic E-state index is 12.0. The van der Waals surface area contributed by atoms with Crippen molar-refractivity contribution in [3.8, 4) is 0 Å². The molecule has 0 unspecified atom stereocenters. The highest BCUT2D eigenvalue weighted by Crippen LogP contribution is 2.19. The first kappa shape index (κ1) is 13.8. The number of nitrogens with zero attached hydrogens (tertiary/aromatic N) is 1. The number of nitrogens with one attached hydrogen (secondary N) is 2. The van der Waals surface area contributed by atoms with Crippen molar-refractivity contribution in [2.24, 2.45) is 0 Å². The van der Waals surface area contributed by atoms with Crippen molar-refractivity contribution < 1.29 is 4.79 Å². The number of H-pyrrole nitrogens is 1. The van der Waals surface area contributed by atoms with Crippen molar-refractivity contribution in [3.63, 3.8) is 0 Å². The zero-order chi connectivity index (χ0) is 14.7. The molecule has 0 radical (unpaired) electrons. The van der Waals surface area contributed by atoms with Gasteiger partial charge in [0.05, 0.1) is 11.7 Å². The molecule has 0 aliphatic heterocycles. The van der Waals surface area contributed by atoms with Crippen LogP contribution in [-0.2, 0) is 11.2 Å². The van der Waals surface area contributed by atoms with Crippen LogP contribution in [0.4, 0.5) is 5.69 Å². The Morgan fingerprint density at radius 2 is 2.10 bits per heavy atom. The number of fused-ring (bicyclic) bond motifs is 1. The summed E-state index contributed by atoms with van der Waals surface area (Å²) in [5.41, 5.74) is 2.89. The van der Waals surface area contributed by atoms with Crippen molar-refractivity contribution in [1.29, 1.82) is 0 Å². The van der Waals surface area contributed by atoms with Gasteiger partial charge in [-0.15, -0.1) is 0 Å². The average molecular weight is 344 g/mol. The summed E-state index contributed by atoms with van der Waals surface area (Å²) in [6, 6.07) is 13.6. The van der Waals surface area contributed by atoms with Crippen LogP contribution >= 0.6 is 15.9 Å². The minimum absolute atomic E-state index is 0.00796. The van der Waals surface area contributed by atoms with E-state index in [-0.39, 0.29) is 5.91 Å². The van der Waals surface area contributed by atoms with E-state index in [2.05, 4.69) is 31.4 Å². The van der Waals surface area contributed by atoms with E-state index in [1.165, 1.54) is 0 Å². The van der Waals surface area contributed by atoms with Gasteiger partial charge in [-0.1, -0.05) is 34.1 Å². The lowest BCUT2D eigenvalue weighted by molar-refractivity contribution is -0.116. The van der Waals surface area contributed by atoms with Crippen molar-refractivity contribution in [2.75, 3.05) is 5.32 Å². The van der Waals surface area contributed by atoms with Gasteiger partial charge in [-0.05, 0) is 36.2 Å². The molecule has 0 aliphatic carbocycles. The van der Waals surface area contributed by atoms with Gasteiger partial charge in [0.25, 0.3) is 0 Å². The van der Waals surface area contributed by atoms with Crippen LogP contribution in [0.1, 0.15) is 12.0 Å². The number of carbonyl (C=O) groups excluding carboxylic acids is 1. The predicted octanol–water partition coefficient (Wildman–Crippen LogP) is 3.90. The Kier molecular flexibility index (Phi) is 4.01. The fourth-order valence-electron chi connectivity index (χ4n) is 2.19. The van der Waals surface area contributed by atoms with E-state index in [1.54, 1.807) is 6.20 Å². The first-order valence-electron chi connectivity index (χ1n) is 6.69. The number of aryl methyl sites for hydroxylation is 1. The van der Waals surface area contributed by atoms with Crippen LogP contribution in [0.3, 0.4) is 0 Å². The van der Waals surface area contributed by atoms with Gasteiger partial charge >= 0.3 is 0 Å². The minimum atomic E-state index is 0.00796. The fraction of sp³-hybridized carbons (Fsp3) is 0.125. The summed E-state index contributed by atoms with van der Waals surface area (Å²) in [7, 11) is 0. The van der Waals surface area contributed by atoms with Gasteiger partial charge in [-0.25, -0.2) is 0 Å². The van der Waals surface area contributed by atoms with Crippen LogP contribution in [0.25, 0.3) is 10.9 Å². The summed E-state index contributed by atoms with van der Waals surface area (Å²) in [4.78, 5) is 12.0.